The Balaban J connectivity index is 1.99. The number of rotatable bonds is 6. The van der Waals surface area contributed by atoms with Gasteiger partial charge >= 0.3 is 0 Å². The van der Waals surface area contributed by atoms with Crippen molar-refractivity contribution in [3.63, 3.8) is 0 Å². The van der Waals surface area contributed by atoms with Crippen molar-refractivity contribution in [2.45, 2.75) is 26.3 Å². The Morgan fingerprint density at radius 2 is 2.30 bits per heavy atom. The van der Waals surface area contributed by atoms with Crippen molar-refractivity contribution in [3.05, 3.63) is 24.0 Å². The lowest BCUT2D eigenvalue weighted by molar-refractivity contribution is -0.118. The molecule has 0 saturated carbocycles. The van der Waals surface area contributed by atoms with Gasteiger partial charge < -0.3 is 11.1 Å². The summed E-state index contributed by atoms with van der Waals surface area (Å²) in [5, 5.41) is 13.0. The quantitative estimate of drug-likeness (QED) is 0.666. The number of aryl methyl sites for hydroxylation is 1. The van der Waals surface area contributed by atoms with Crippen LogP contribution in [0.3, 0.4) is 0 Å². The molecule has 4 N–H and O–H groups in total. The van der Waals surface area contributed by atoms with Gasteiger partial charge in [0, 0.05) is 12.6 Å². The predicted octanol–water partition coefficient (Wildman–Crippen LogP) is -0.309. The Labute approximate surface area is 114 Å². The van der Waals surface area contributed by atoms with Gasteiger partial charge in [0.15, 0.2) is 0 Å². The molecular formula is C11H15N7O2. The fraction of sp³-hybridized carbons (Fsp3) is 0.364. The average Bonchev–Trinajstić information content (AvgIpc) is 2.99. The molecule has 0 bridgehead atoms. The zero-order chi connectivity index (χ0) is 14.5. The fourth-order valence-electron chi connectivity index (χ4n) is 1.61. The van der Waals surface area contributed by atoms with Gasteiger partial charge in [0.25, 0.3) is 5.91 Å². The van der Waals surface area contributed by atoms with Crippen LogP contribution in [0.25, 0.3) is 0 Å². The SMILES string of the molecule is CCCc1nc(C(=O)Nc2cnn(CC(N)=O)c2)n[nH]1. The van der Waals surface area contributed by atoms with Crippen LogP contribution in [0.2, 0.25) is 0 Å². The number of primary amides is 1. The van der Waals surface area contributed by atoms with E-state index in [-0.39, 0.29) is 12.4 Å². The maximum Gasteiger partial charge on any atom is 0.295 e. The summed E-state index contributed by atoms with van der Waals surface area (Å²) < 4.78 is 1.33. The Morgan fingerprint density at radius 1 is 1.50 bits per heavy atom. The Hall–Kier alpha value is -2.71. The van der Waals surface area contributed by atoms with Gasteiger partial charge in [-0.25, -0.2) is 4.98 Å². The zero-order valence-electron chi connectivity index (χ0n) is 11.0. The van der Waals surface area contributed by atoms with Crippen LogP contribution >= 0.6 is 0 Å². The smallest absolute Gasteiger partial charge is 0.295 e. The number of amides is 2. The van der Waals surface area contributed by atoms with Crippen LogP contribution in [0.5, 0.6) is 0 Å². The predicted molar refractivity (Wildman–Crippen MR) is 69.8 cm³/mol. The number of carbonyl (C=O) groups excluding carboxylic acids is 2. The lowest BCUT2D eigenvalue weighted by Gasteiger charge is -1.97. The van der Waals surface area contributed by atoms with Crippen molar-refractivity contribution in [2.75, 3.05) is 5.32 Å². The second-order valence-corrected chi connectivity index (χ2v) is 4.20. The van der Waals surface area contributed by atoms with E-state index < -0.39 is 11.8 Å². The maximum atomic E-state index is 11.9. The molecule has 0 aliphatic rings. The van der Waals surface area contributed by atoms with Crippen molar-refractivity contribution in [1.82, 2.24) is 25.0 Å². The van der Waals surface area contributed by atoms with Crippen LogP contribution in [-0.4, -0.2) is 36.8 Å². The maximum absolute atomic E-state index is 11.9. The van der Waals surface area contributed by atoms with E-state index in [2.05, 4.69) is 25.6 Å². The molecule has 0 saturated heterocycles. The van der Waals surface area contributed by atoms with Gasteiger partial charge in [0.1, 0.15) is 12.4 Å². The van der Waals surface area contributed by atoms with Crippen LogP contribution in [-0.2, 0) is 17.8 Å². The van der Waals surface area contributed by atoms with E-state index in [0.29, 0.717) is 11.5 Å². The largest absolute Gasteiger partial charge is 0.368 e. The minimum absolute atomic E-state index is 0.0445. The second-order valence-electron chi connectivity index (χ2n) is 4.20. The van der Waals surface area contributed by atoms with Crippen LogP contribution in [0, 0.1) is 0 Å². The van der Waals surface area contributed by atoms with E-state index in [1.54, 1.807) is 0 Å². The van der Waals surface area contributed by atoms with Gasteiger partial charge in [-0.1, -0.05) is 6.92 Å². The number of H-pyrrole nitrogens is 1. The highest BCUT2D eigenvalue weighted by Crippen LogP contribution is 2.06. The Kier molecular flexibility index (Phi) is 4.08. The van der Waals surface area contributed by atoms with Gasteiger partial charge in [0.05, 0.1) is 11.9 Å². The van der Waals surface area contributed by atoms with Crippen LogP contribution < -0.4 is 11.1 Å². The molecular weight excluding hydrogens is 262 g/mol. The molecule has 106 valence electrons. The number of carbonyl (C=O) groups is 2. The van der Waals surface area contributed by atoms with E-state index in [1.165, 1.54) is 17.1 Å². The standard InChI is InChI=1S/C11H15N7O2/c1-2-3-9-15-10(17-16-9)11(20)14-7-4-13-18(5-7)6-8(12)19/h4-5H,2-3,6H2,1H3,(H2,12,19)(H,14,20)(H,15,16,17). The molecule has 0 aromatic carbocycles. The molecule has 0 aliphatic carbocycles. The number of nitrogens with zero attached hydrogens (tertiary/aromatic N) is 4. The number of hydrogen-bond donors (Lipinski definition) is 3. The molecule has 2 rings (SSSR count). The summed E-state index contributed by atoms with van der Waals surface area (Å²) >= 11 is 0. The van der Waals surface area contributed by atoms with Gasteiger partial charge in [-0.05, 0) is 6.42 Å². The molecule has 0 spiro atoms. The third-order valence-electron chi connectivity index (χ3n) is 2.43. The first kappa shape index (κ1) is 13.7. The second kappa shape index (κ2) is 5.95. The van der Waals surface area contributed by atoms with Gasteiger partial charge in [-0.3, -0.25) is 19.4 Å². The summed E-state index contributed by atoms with van der Waals surface area (Å²) in [6.07, 6.45) is 4.57. The third-order valence-corrected chi connectivity index (χ3v) is 2.43. The number of hydrogen-bond acceptors (Lipinski definition) is 5. The molecule has 2 aromatic rings. The summed E-state index contributed by atoms with van der Waals surface area (Å²) in [6, 6.07) is 0. The lowest BCUT2D eigenvalue weighted by atomic mass is 10.3. The monoisotopic (exact) mass is 277 g/mol. The highest BCUT2D eigenvalue weighted by molar-refractivity contribution is 6.01. The molecule has 20 heavy (non-hydrogen) atoms. The fourth-order valence-corrected chi connectivity index (χ4v) is 1.61. The summed E-state index contributed by atoms with van der Waals surface area (Å²) in [6.45, 7) is 1.96. The van der Waals surface area contributed by atoms with Crippen molar-refractivity contribution in [1.29, 1.82) is 0 Å². The summed E-state index contributed by atoms with van der Waals surface area (Å²) in [4.78, 5) is 26.7. The van der Waals surface area contributed by atoms with Crippen molar-refractivity contribution in [2.24, 2.45) is 5.73 Å². The van der Waals surface area contributed by atoms with Gasteiger partial charge in [-0.15, -0.1) is 5.10 Å². The molecule has 9 nitrogen and oxygen atoms in total. The number of aromatic amines is 1. The molecule has 9 heteroatoms. The molecule has 2 amide bonds. The number of nitrogens with one attached hydrogen (secondary N) is 2. The molecule has 0 radical (unpaired) electrons. The topological polar surface area (TPSA) is 132 Å². The number of anilines is 1. The van der Waals surface area contributed by atoms with E-state index in [0.717, 1.165) is 12.8 Å². The van der Waals surface area contributed by atoms with E-state index in [1.807, 2.05) is 6.92 Å². The van der Waals surface area contributed by atoms with E-state index >= 15 is 0 Å². The Bertz CT molecular complexity index is 616. The summed E-state index contributed by atoms with van der Waals surface area (Å²) in [5.41, 5.74) is 5.49. The van der Waals surface area contributed by atoms with E-state index in [9.17, 15) is 9.59 Å². The molecule has 2 aromatic heterocycles. The molecule has 0 unspecified atom stereocenters. The average molecular weight is 277 g/mol. The first-order chi connectivity index (χ1) is 9.58. The van der Waals surface area contributed by atoms with Crippen LogP contribution in [0.15, 0.2) is 12.4 Å². The van der Waals surface area contributed by atoms with Crippen molar-refractivity contribution < 1.29 is 9.59 Å². The molecule has 0 atom stereocenters. The van der Waals surface area contributed by atoms with Crippen LogP contribution in [0.4, 0.5) is 5.69 Å². The molecule has 2 heterocycles. The minimum atomic E-state index is -0.510. The lowest BCUT2D eigenvalue weighted by Crippen LogP contribution is -2.18. The van der Waals surface area contributed by atoms with Crippen molar-refractivity contribution >= 4 is 17.5 Å². The van der Waals surface area contributed by atoms with Gasteiger partial charge in [-0.2, -0.15) is 5.10 Å². The highest BCUT2D eigenvalue weighted by atomic mass is 16.2. The van der Waals surface area contributed by atoms with Crippen LogP contribution in [0.1, 0.15) is 29.8 Å². The molecule has 0 fully saturated rings. The Morgan fingerprint density at radius 3 is 3.00 bits per heavy atom. The number of nitrogens with two attached hydrogens (primary N) is 1. The first-order valence-electron chi connectivity index (χ1n) is 6.12. The molecule has 0 aliphatic heterocycles. The summed E-state index contributed by atoms with van der Waals surface area (Å²) in [7, 11) is 0. The highest BCUT2D eigenvalue weighted by Gasteiger charge is 2.13. The zero-order valence-corrected chi connectivity index (χ0v) is 11.0. The minimum Gasteiger partial charge on any atom is -0.368 e. The first-order valence-corrected chi connectivity index (χ1v) is 6.12. The van der Waals surface area contributed by atoms with Gasteiger partial charge in [0.2, 0.25) is 11.7 Å². The third kappa shape index (κ3) is 3.40. The van der Waals surface area contributed by atoms with Crippen molar-refractivity contribution in [3.8, 4) is 0 Å². The van der Waals surface area contributed by atoms with E-state index in [4.69, 9.17) is 5.73 Å². The normalized spacial score (nSPS) is 10.4. The number of aromatic nitrogens is 5. The summed E-state index contributed by atoms with van der Waals surface area (Å²) in [5.74, 6) is -0.218.